The number of rotatable bonds is 6. The average molecular weight is 419 g/mol. The Morgan fingerprint density at radius 2 is 1.77 bits per heavy atom. The Hall–Kier alpha value is -2.41. The van der Waals surface area contributed by atoms with Crippen LogP contribution in [0.2, 0.25) is 0 Å². The van der Waals surface area contributed by atoms with Crippen molar-refractivity contribution in [1.29, 1.82) is 0 Å². The average Bonchev–Trinajstić information content (AvgIpc) is 2.66. The van der Waals surface area contributed by atoms with Crippen LogP contribution >= 0.6 is 0 Å². The minimum atomic E-state index is -1.05. The highest BCUT2D eigenvalue weighted by atomic mass is 16.7. The van der Waals surface area contributed by atoms with Crippen LogP contribution in [0.1, 0.15) is 59.4 Å². The molecule has 1 unspecified atom stereocenters. The highest BCUT2D eigenvalue weighted by molar-refractivity contribution is 5.84. The van der Waals surface area contributed by atoms with Crippen LogP contribution < -0.4 is 10.6 Å². The van der Waals surface area contributed by atoms with Crippen LogP contribution in [0.15, 0.2) is 30.3 Å². The van der Waals surface area contributed by atoms with Gasteiger partial charge in [-0.2, -0.15) is 0 Å². The zero-order chi connectivity index (χ0) is 22.3. The van der Waals surface area contributed by atoms with Gasteiger partial charge in [-0.25, -0.2) is 9.59 Å². The molecule has 1 aliphatic carbocycles. The van der Waals surface area contributed by atoms with Crippen LogP contribution in [0, 0.1) is 11.8 Å². The number of ketones is 1. The van der Waals surface area contributed by atoms with Crippen molar-refractivity contribution in [2.75, 3.05) is 0 Å². The Bertz CT molecular complexity index is 727. The van der Waals surface area contributed by atoms with Gasteiger partial charge in [-0.3, -0.25) is 4.79 Å². The van der Waals surface area contributed by atoms with Crippen LogP contribution in [0.25, 0.3) is 0 Å². The van der Waals surface area contributed by atoms with Crippen LogP contribution in [-0.4, -0.2) is 35.7 Å². The SMILES string of the molecule is CC(C)C(=O)[C@@H]1CC(NC(=O)OC(=O)OCc2ccccc2)CC[C@@H]1NC(C)(C)C. The number of benzene rings is 1. The summed E-state index contributed by atoms with van der Waals surface area (Å²) in [6, 6.07) is 8.97. The Labute approximate surface area is 178 Å². The number of carbonyl (C=O) groups excluding carboxylic acids is 3. The van der Waals surface area contributed by atoms with Gasteiger partial charge < -0.3 is 20.1 Å². The number of alkyl carbamates (subject to hydrolysis) is 1. The van der Waals surface area contributed by atoms with Crippen molar-refractivity contribution in [2.45, 2.75) is 78.1 Å². The predicted molar refractivity (Wildman–Crippen MR) is 114 cm³/mol. The minimum Gasteiger partial charge on any atom is -0.429 e. The summed E-state index contributed by atoms with van der Waals surface area (Å²) in [6.07, 6.45) is 0.0669. The maximum Gasteiger partial charge on any atom is 0.517 e. The largest absolute Gasteiger partial charge is 0.517 e. The molecule has 1 aliphatic rings. The molecule has 0 aromatic heterocycles. The number of amides is 1. The van der Waals surface area contributed by atoms with Gasteiger partial charge in [-0.15, -0.1) is 0 Å². The van der Waals surface area contributed by atoms with E-state index >= 15 is 0 Å². The summed E-state index contributed by atoms with van der Waals surface area (Å²) in [6.45, 7) is 10.0. The summed E-state index contributed by atoms with van der Waals surface area (Å²) in [7, 11) is 0. The summed E-state index contributed by atoms with van der Waals surface area (Å²) < 4.78 is 9.68. The van der Waals surface area contributed by atoms with Gasteiger partial charge in [0, 0.05) is 29.5 Å². The third-order valence-electron chi connectivity index (χ3n) is 5.10. The predicted octanol–water partition coefficient (Wildman–Crippen LogP) is 4.20. The van der Waals surface area contributed by atoms with E-state index in [1.807, 2.05) is 44.2 Å². The molecule has 7 heteroatoms. The Balaban J connectivity index is 1.87. The van der Waals surface area contributed by atoms with Crippen molar-refractivity contribution < 1.29 is 23.9 Å². The van der Waals surface area contributed by atoms with Crippen LogP contribution in [0.5, 0.6) is 0 Å². The van der Waals surface area contributed by atoms with Crippen LogP contribution in [0.4, 0.5) is 9.59 Å². The molecule has 1 aromatic rings. The molecule has 30 heavy (non-hydrogen) atoms. The van der Waals surface area contributed by atoms with Gasteiger partial charge in [-0.1, -0.05) is 44.2 Å². The van der Waals surface area contributed by atoms with E-state index in [0.29, 0.717) is 12.8 Å². The second kappa shape index (κ2) is 10.6. The number of carbonyl (C=O) groups is 3. The summed E-state index contributed by atoms with van der Waals surface area (Å²) >= 11 is 0. The highest BCUT2D eigenvalue weighted by Crippen LogP contribution is 2.29. The number of ether oxygens (including phenoxy) is 2. The maximum absolute atomic E-state index is 12.8. The van der Waals surface area contributed by atoms with Crippen molar-refractivity contribution in [2.24, 2.45) is 11.8 Å². The molecular formula is C23H34N2O5. The first-order chi connectivity index (χ1) is 14.0. The first-order valence-electron chi connectivity index (χ1n) is 10.6. The van der Waals surface area contributed by atoms with Crippen molar-refractivity contribution in [1.82, 2.24) is 10.6 Å². The molecule has 3 atom stereocenters. The molecular weight excluding hydrogens is 384 g/mol. The molecule has 0 radical (unpaired) electrons. The lowest BCUT2D eigenvalue weighted by molar-refractivity contribution is -0.128. The van der Waals surface area contributed by atoms with E-state index in [-0.39, 0.29) is 41.8 Å². The minimum absolute atomic E-state index is 0.0293. The summed E-state index contributed by atoms with van der Waals surface area (Å²) in [5.41, 5.74) is 0.691. The number of hydrogen-bond donors (Lipinski definition) is 2. The molecule has 7 nitrogen and oxygen atoms in total. The van der Waals surface area contributed by atoms with E-state index in [1.165, 1.54) is 0 Å². The maximum atomic E-state index is 12.8. The fourth-order valence-corrected chi connectivity index (χ4v) is 3.79. The summed E-state index contributed by atoms with van der Waals surface area (Å²) in [4.78, 5) is 36.7. The molecule has 1 aromatic carbocycles. The Kier molecular flexibility index (Phi) is 8.41. The first kappa shape index (κ1) is 23.9. The highest BCUT2D eigenvalue weighted by Gasteiger charge is 2.38. The van der Waals surface area contributed by atoms with E-state index in [2.05, 4.69) is 31.4 Å². The molecule has 0 heterocycles. The zero-order valence-corrected chi connectivity index (χ0v) is 18.6. The molecule has 0 spiro atoms. The monoisotopic (exact) mass is 418 g/mol. The van der Waals surface area contributed by atoms with E-state index in [4.69, 9.17) is 9.47 Å². The zero-order valence-electron chi connectivity index (χ0n) is 18.6. The molecule has 0 aliphatic heterocycles. The van der Waals surface area contributed by atoms with Gasteiger partial charge in [0.05, 0.1) is 0 Å². The third kappa shape index (κ3) is 7.78. The second-order valence-corrected chi connectivity index (χ2v) is 9.23. The topological polar surface area (TPSA) is 93.7 Å². The molecule has 0 bridgehead atoms. The lowest BCUT2D eigenvalue weighted by Crippen LogP contribution is -2.55. The van der Waals surface area contributed by atoms with E-state index in [1.54, 1.807) is 0 Å². The van der Waals surface area contributed by atoms with Crippen LogP contribution in [-0.2, 0) is 20.9 Å². The van der Waals surface area contributed by atoms with Crippen molar-refractivity contribution >= 4 is 18.0 Å². The Morgan fingerprint density at radius 3 is 2.37 bits per heavy atom. The van der Waals surface area contributed by atoms with Crippen molar-refractivity contribution in [3.8, 4) is 0 Å². The lowest BCUT2D eigenvalue weighted by Gasteiger charge is -2.40. The third-order valence-corrected chi connectivity index (χ3v) is 5.10. The molecule has 166 valence electrons. The smallest absolute Gasteiger partial charge is 0.429 e. The molecule has 1 saturated carbocycles. The van der Waals surface area contributed by atoms with Crippen molar-refractivity contribution in [3.63, 3.8) is 0 Å². The number of hydrogen-bond acceptors (Lipinski definition) is 6. The van der Waals surface area contributed by atoms with E-state index in [0.717, 1.165) is 12.0 Å². The number of Topliss-reactive ketones (excluding diaryl/α,β-unsaturated/α-hetero) is 1. The lowest BCUT2D eigenvalue weighted by atomic mass is 9.76. The van der Waals surface area contributed by atoms with E-state index in [9.17, 15) is 14.4 Å². The molecule has 1 fully saturated rings. The summed E-state index contributed by atoms with van der Waals surface area (Å²) in [5.74, 6) is -0.106. The normalized spacial score (nSPS) is 21.7. The standard InChI is InChI=1S/C23H34N2O5/c1-15(2)20(26)18-13-17(11-12-19(18)25-23(3,4)5)24-21(27)30-22(28)29-14-16-9-7-6-8-10-16/h6-10,15,17-19,25H,11-14H2,1-5H3,(H,24,27)/t17?,18-,19+/m1/s1. The quantitative estimate of drug-likeness (QED) is 0.531. The van der Waals surface area contributed by atoms with Gasteiger partial charge in [0.2, 0.25) is 0 Å². The van der Waals surface area contributed by atoms with E-state index < -0.39 is 12.2 Å². The molecule has 2 N–H and O–H groups in total. The molecule has 0 saturated heterocycles. The van der Waals surface area contributed by atoms with Gasteiger partial charge >= 0.3 is 12.2 Å². The van der Waals surface area contributed by atoms with Gasteiger partial charge in [-0.05, 0) is 45.6 Å². The van der Waals surface area contributed by atoms with Crippen molar-refractivity contribution in [3.05, 3.63) is 35.9 Å². The number of nitrogens with one attached hydrogen (secondary N) is 2. The van der Waals surface area contributed by atoms with Gasteiger partial charge in [0.15, 0.2) is 0 Å². The summed E-state index contributed by atoms with van der Waals surface area (Å²) in [5, 5.41) is 6.26. The second-order valence-electron chi connectivity index (χ2n) is 9.23. The first-order valence-corrected chi connectivity index (χ1v) is 10.6. The molecule has 1 amide bonds. The van der Waals surface area contributed by atoms with Gasteiger partial charge in [0.25, 0.3) is 0 Å². The van der Waals surface area contributed by atoms with Gasteiger partial charge in [0.1, 0.15) is 12.4 Å². The fourth-order valence-electron chi connectivity index (χ4n) is 3.79. The van der Waals surface area contributed by atoms with Crippen LogP contribution in [0.3, 0.4) is 0 Å². The Morgan fingerprint density at radius 1 is 1.10 bits per heavy atom. The molecule has 2 rings (SSSR count). The fraction of sp³-hybridized carbons (Fsp3) is 0.609.